The molecular weight excluding hydrogens is 275 g/mol. The molecule has 0 aliphatic heterocycles. The minimum atomic E-state index is -4.26. The lowest BCUT2D eigenvalue weighted by Gasteiger charge is -2.16. The number of halogens is 3. The first-order valence-corrected chi connectivity index (χ1v) is 7.02. The van der Waals surface area contributed by atoms with Crippen LogP contribution in [-0.4, -0.2) is 0 Å². The van der Waals surface area contributed by atoms with Crippen LogP contribution in [0.2, 0.25) is 0 Å². The highest BCUT2D eigenvalue weighted by Crippen LogP contribution is 2.40. The Morgan fingerprint density at radius 3 is 2.48 bits per heavy atom. The molecule has 110 valence electrons. The molecule has 0 saturated carbocycles. The number of hydrogen-bond donors (Lipinski definition) is 1. The summed E-state index contributed by atoms with van der Waals surface area (Å²) in [7, 11) is 0. The molecule has 1 aliphatic carbocycles. The SMILES string of the molecule is FC(F)(F)c1cccc2c1CCC2NCc1ccccc1. The Balaban J connectivity index is 1.78. The van der Waals surface area contributed by atoms with Crippen molar-refractivity contribution >= 4 is 0 Å². The van der Waals surface area contributed by atoms with Crippen LogP contribution >= 0.6 is 0 Å². The number of fused-ring (bicyclic) bond motifs is 1. The van der Waals surface area contributed by atoms with Crippen molar-refractivity contribution in [3.63, 3.8) is 0 Å². The Morgan fingerprint density at radius 2 is 1.76 bits per heavy atom. The Labute approximate surface area is 121 Å². The molecule has 0 aromatic heterocycles. The van der Waals surface area contributed by atoms with Gasteiger partial charge in [0.05, 0.1) is 5.56 Å². The Bertz CT molecular complexity index is 620. The van der Waals surface area contributed by atoms with Gasteiger partial charge >= 0.3 is 6.18 Å². The van der Waals surface area contributed by atoms with Gasteiger partial charge in [0.1, 0.15) is 0 Å². The first kappa shape index (κ1) is 14.1. The van der Waals surface area contributed by atoms with E-state index in [0.717, 1.165) is 17.5 Å². The highest BCUT2D eigenvalue weighted by Gasteiger charge is 2.36. The Morgan fingerprint density at radius 1 is 1.00 bits per heavy atom. The first-order valence-electron chi connectivity index (χ1n) is 7.02. The van der Waals surface area contributed by atoms with Crippen LogP contribution in [0.5, 0.6) is 0 Å². The van der Waals surface area contributed by atoms with E-state index in [1.54, 1.807) is 6.07 Å². The van der Waals surface area contributed by atoms with Crippen molar-refractivity contribution in [3.05, 3.63) is 70.8 Å². The molecule has 0 bridgehead atoms. The second kappa shape index (κ2) is 5.53. The van der Waals surface area contributed by atoms with Crippen LogP contribution < -0.4 is 5.32 Å². The summed E-state index contributed by atoms with van der Waals surface area (Å²) in [6.07, 6.45) is -3.06. The number of rotatable bonds is 3. The highest BCUT2D eigenvalue weighted by atomic mass is 19.4. The van der Waals surface area contributed by atoms with E-state index >= 15 is 0 Å². The molecular formula is C17H16F3N. The quantitative estimate of drug-likeness (QED) is 0.879. The van der Waals surface area contributed by atoms with Gasteiger partial charge in [0.15, 0.2) is 0 Å². The number of benzene rings is 2. The standard InChI is InChI=1S/C17H16F3N/c18-17(19,20)15-8-4-7-14-13(15)9-10-16(14)21-11-12-5-2-1-3-6-12/h1-8,16,21H,9-11H2. The summed E-state index contributed by atoms with van der Waals surface area (Å²) in [6, 6.07) is 14.4. The molecule has 21 heavy (non-hydrogen) atoms. The van der Waals surface area contributed by atoms with Crippen LogP contribution in [0.3, 0.4) is 0 Å². The monoisotopic (exact) mass is 291 g/mol. The molecule has 1 N–H and O–H groups in total. The fourth-order valence-electron chi connectivity index (χ4n) is 2.97. The second-order valence-electron chi connectivity index (χ2n) is 5.33. The van der Waals surface area contributed by atoms with Crippen LogP contribution in [0.25, 0.3) is 0 Å². The van der Waals surface area contributed by atoms with Gasteiger partial charge in [0.2, 0.25) is 0 Å². The predicted molar refractivity (Wildman–Crippen MR) is 75.8 cm³/mol. The van der Waals surface area contributed by atoms with Gasteiger partial charge in [0.25, 0.3) is 0 Å². The summed E-state index contributed by atoms with van der Waals surface area (Å²) in [6.45, 7) is 0.668. The maximum atomic E-state index is 13.0. The van der Waals surface area contributed by atoms with E-state index in [9.17, 15) is 13.2 Å². The van der Waals surface area contributed by atoms with Gasteiger partial charge in [-0.25, -0.2) is 0 Å². The minimum Gasteiger partial charge on any atom is -0.306 e. The molecule has 0 saturated heterocycles. The highest BCUT2D eigenvalue weighted by molar-refractivity contribution is 5.42. The maximum Gasteiger partial charge on any atom is 0.416 e. The normalized spacial score (nSPS) is 17.8. The summed E-state index contributed by atoms with van der Waals surface area (Å²) in [5, 5.41) is 3.37. The second-order valence-corrected chi connectivity index (χ2v) is 5.33. The van der Waals surface area contributed by atoms with Crippen LogP contribution in [0.4, 0.5) is 13.2 Å². The molecule has 1 unspecified atom stereocenters. The third kappa shape index (κ3) is 2.95. The van der Waals surface area contributed by atoms with E-state index in [-0.39, 0.29) is 6.04 Å². The van der Waals surface area contributed by atoms with Crippen molar-refractivity contribution in [3.8, 4) is 0 Å². The van der Waals surface area contributed by atoms with Crippen LogP contribution in [0.1, 0.15) is 34.7 Å². The molecule has 0 fully saturated rings. The Kier molecular flexibility index (Phi) is 3.72. The van der Waals surface area contributed by atoms with Gasteiger partial charge in [-0.15, -0.1) is 0 Å². The zero-order chi connectivity index (χ0) is 14.9. The average molecular weight is 291 g/mol. The largest absolute Gasteiger partial charge is 0.416 e. The summed E-state index contributed by atoms with van der Waals surface area (Å²) < 4.78 is 39.0. The molecule has 4 heteroatoms. The van der Waals surface area contributed by atoms with Crippen molar-refractivity contribution in [2.24, 2.45) is 0 Å². The minimum absolute atomic E-state index is 0.00232. The fourth-order valence-corrected chi connectivity index (χ4v) is 2.97. The summed E-state index contributed by atoms with van der Waals surface area (Å²) in [5.41, 5.74) is 1.90. The molecule has 0 spiro atoms. The van der Waals surface area contributed by atoms with Gasteiger partial charge in [-0.05, 0) is 35.6 Å². The average Bonchev–Trinajstić information content (AvgIpc) is 2.88. The number of hydrogen-bond acceptors (Lipinski definition) is 1. The van der Waals surface area contributed by atoms with Crippen molar-refractivity contribution in [2.75, 3.05) is 0 Å². The molecule has 2 aromatic carbocycles. The van der Waals surface area contributed by atoms with Gasteiger partial charge in [-0.2, -0.15) is 13.2 Å². The molecule has 1 atom stereocenters. The van der Waals surface area contributed by atoms with Gasteiger partial charge in [0, 0.05) is 12.6 Å². The molecule has 3 rings (SSSR count). The molecule has 0 heterocycles. The zero-order valence-corrected chi connectivity index (χ0v) is 11.5. The maximum absolute atomic E-state index is 13.0. The molecule has 1 nitrogen and oxygen atoms in total. The van der Waals surface area contributed by atoms with Crippen LogP contribution in [0, 0.1) is 0 Å². The number of alkyl halides is 3. The summed E-state index contributed by atoms with van der Waals surface area (Å²) >= 11 is 0. The van der Waals surface area contributed by atoms with Crippen molar-refractivity contribution < 1.29 is 13.2 Å². The van der Waals surface area contributed by atoms with Gasteiger partial charge in [-0.1, -0.05) is 42.5 Å². The smallest absolute Gasteiger partial charge is 0.306 e. The van der Waals surface area contributed by atoms with Gasteiger partial charge < -0.3 is 5.32 Å². The topological polar surface area (TPSA) is 12.0 Å². The van der Waals surface area contributed by atoms with E-state index < -0.39 is 11.7 Å². The Hall–Kier alpha value is -1.81. The summed E-state index contributed by atoms with van der Waals surface area (Å²) in [5.74, 6) is 0. The first-order chi connectivity index (χ1) is 10.1. The van der Waals surface area contributed by atoms with Crippen LogP contribution in [-0.2, 0) is 19.1 Å². The fraction of sp³-hybridized carbons (Fsp3) is 0.294. The third-order valence-electron chi connectivity index (χ3n) is 3.97. The van der Waals surface area contributed by atoms with E-state index in [1.807, 2.05) is 30.3 Å². The number of nitrogens with one attached hydrogen (secondary N) is 1. The molecule has 1 aliphatic rings. The summed E-state index contributed by atoms with van der Waals surface area (Å²) in [4.78, 5) is 0. The predicted octanol–water partition coefficient (Wildman–Crippen LogP) is 4.48. The van der Waals surface area contributed by atoms with E-state index in [4.69, 9.17) is 0 Å². The molecule has 0 radical (unpaired) electrons. The van der Waals surface area contributed by atoms with Crippen molar-refractivity contribution in [1.82, 2.24) is 5.32 Å². The lowest BCUT2D eigenvalue weighted by atomic mass is 10.0. The molecule has 2 aromatic rings. The van der Waals surface area contributed by atoms with E-state index in [1.165, 1.54) is 12.1 Å². The molecule has 0 amide bonds. The van der Waals surface area contributed by atoms with Gasteiger partial charge in [-0.3, -0.25) is 0 Å². The van der Waals surface area contributed by atoms with E-state index in [0.29, 0.717) is 18.5 Å². The van der Waals surface area contributed by atoms with E-state index in [2.05, 4.69) is 5.32 Å². The lowest BCUT2D eigenvalue weighted by molar-refractivity contribution is -0.138. The van der Waals surface area contributed by atoms with Crippen molar-refractivity contribution in [1.29, 1.82) is 0 Å². The van der Waals surface area contributed by atoms with Crippen molar-refractivity contribution in [2.45, 2.75) is 31.6 Å². The zero-order valence-electron chi connectivity index (χ0n) is 11.5. The van der Waals surface area contributed by atoms with Crippen LogP contribution in [0.15, 0.2) is 48.5 Å². The third-order valence-corrected chi connectivity index (χ3v) is 3.97. The lowest BCUT2D eigenvalue weighted by Crippen LogP contribution is -2.19.